The van der Waals surface area contributed by atoms with E-state index < -0.39 is 17.8 Å². The van der Waals surface area contributed by atoms with Crippen molar-refractivity contribution in [3.63, 3.8) is 0 Å². The molecule has 0 bridgehead atoms. The number of esters is 1. The fourth-order valence-electron chi connectivity index (χ4n) is 3.48. The van der Waals surface area contributed by atoms with Crippen molar-refractivity contribution in [3.05, 3.63) is 126 Å². The maximum atomic E-state index is 13.0. The Hall–Kier alpha value is -4.98. The molecule has 0 spiro atoms. The van der Waals surface area contributed by atoms with Gasteiger partial charge in [-0.3, -0.25) is 9.59 Å². The van der Waals surface area contributed by atoms with Crippen molar-refractivity contribution in [2.45, 2.75) is 5.92 Å². The van der Waals surface area contributed by atoms with Crippen LogP contribution in [0.1, 0.15) is 33.2 Å². The third-order valence-electron chi connectivity index (χ3n) is 5.15. The van der Waals surface area contributed by atoms with Crippen LogP contribution in [0.25, 0.3) is 0 Å². The summed E-state index contributed by atoms with van der Waals surface area (Å²) in [5.74, 6) is -1.56. The van der Waals surface area contributed by atoms with E-state index >= 15 is 0 Å². The topological polar surface area (TPSA) is 110 Å². The van der Waals surface area contributed by atoms with Gasteiger partial charge in [0.15, 0.2) is 0 Å². The van der Waals surface area contributed by atoms with E-state index in [4.69, 9.17) is 9.15 Å². The largest absolute Gasteiger partial charge is 0.457 e. The molecular weight excluding hydrogens is 458 g/mol. The summed E-state index contributed by atoms with van der Waals surface area (Å²) in [6.07, 6.45) is 2.79. The second kappa shape index (κ2) is 11.9. The van der Waals surface area contributed by atoms with Crippen LogP contribution in [0.5, 0.6) is 5.75 Å². The molecule has 0 saturated carbocycles. The first-order valence-corrected chi connectivity index (χ1v) is 11.2. The first-order valence-electron chi connectivity index (χ1n) is 11.2. The zero-order valence-electron chi connectivity index (χ0n) is 19.2. The van der Waals surface area contributed by atoms with E-state index in [9.17, 15) is 14.4 Å². The summed E-state index contributed by atoms with van der Waals surface area (Å²) >= 11 is 0. The van der Waals surface area contributed by atoms with Gasteiger partial charge in [-0.15, -0.1) is 0 Å². The minimum atomic E-state index is -0.623. The lowest BCUT2D eigenvalue weighted by molar-refractivity contribution is -0.126. The smallest absolute Gasteiger partial charge is 0.379 e. The Bertz CT molecular complexity index is 1300. The number of ether oxygens (including phenoxy) is 1. The number of nitrogens with one attached hydrogen (secondary N) is 2. The van der Waals surface area contributed by atoms with Gasteiger partial charge in [0.1, 0.15) is 5.75 Å². The quantitative estimate of drug-likeness (QED) is 0.163. The molecule has 36 heavy (non-hydrogen) atoms. The van der Waals surface area contributed by atoms with E-state index in [1.165, 1.54) is 18.5 Å². The maximum absolute atomic E-state index is 13.0. The molecular formula is C28H23N3O5. The molecule has 180 valence electrons. The number of nitrogens with zero attached hydrogens (tertiary/aromatic N) is 1. The van der Waals surface area contributed by atoms with E-state index in [0.29, 0.717) is 11.3 Å². The third-order valence-corrected chi connectivity index (χ3v) is 5.15. The average molecular weight is 482 g/mol. The number of benzene rings is 3. The predicted molar refractivity (Wildman–Crippen MR) is 134 cm³/mol. The van der Waals surface area contributed by atoms with Crippen LogP contribution < -0.4 is 15.5 Å². The van der Waals surface area contributed by atoms with Gasteiger partial charge in [0.05, 0.1) is 24.9 Å². The summed E-state index contributed by atoms with van der Waals surface area (Å²) in [6.45, 7) is -0.243. The number of hydrazone groups is 1. The van der Waals surface area contributed by atoms with Gasteiger partial charge in [-0.25, -0.2) is 10.2 Å². The Kier molecular flexibility index (Phi) is 8.01. The van der Waals surface area contributed by atoms with Gasteiger partial charge in [0, 0.05) is 0 Å². The highest BCUT2D eigenvalue weighted by atomic mass is 16.5. The molecule has 0 radical (unpaired) electrons. The highest BCUT2D eigenvalue weighted by molar-refractivity contribution is 5.91. The fourth-order valence-corrected chi connectivity index (χ4v) is 3.48. The highest BCUT2D eigenvalue weighted by Crippen LogP contribution is 2.24. The van der Waals surface area contributed by atoms with Gasteiger partial charge in [0.2, 0.25) is 11.7 Å². The lowest BCUT2D eigenvalue weighted by Gasteiger charge is -2.17. The second-order valence-electron chi connectivity index (χ2n) is 7.70. The first kappa shape index (κ1) is 24.2. The summed E-state index contributed by atoms with van der Waals surface area (Å²) in [4.78, 5) is 37.2. The SMILES string of the molecule is O=C(CNC(=O)C(c1ccccc1)c1ccccc1)NN=Cc1cccc(OC(=O)c2ccco2)c1. The van der Waals surface area contributed by atoms with Crippen LogP contribution in [0.4, 0.5) is 0 Å². The molecule has 0 saturated heterocycles. The standard InChI is InChI=1S/C28H23N3O5/c32-25(19-29-27(33)26(21-10-3-1-4-11-21)22-12-5-2-6-13-22)31-30-18-20-9-7-14-23(17-20)36-28(34)24-15-8-16-35-24/h1-18,26H,19H2,(H,29,33)(H,31,32). The maximum Gasteiger partial charge on any atom is 0.379 e. The number of carbonyl (C=O) groups is 3. The molecule has 4 rings (SSSR count). The van der Waals surface area contributed by atoms with Gasteiger partial charge in [-0.2, -0.15) is 5.10 Å². The van der Waals surface area contributed by atoms with Crippen LogP contribution >= 0.6 is 0 Å². The number of carbonyl (C=O) groups excluding carboxylic acids is 3. The van der Waals surface area contributed by atoms with Crippen LogP contribution in [0.2, 0.25) is 0 Å². The van der Waals surface area contributed by atoms with Gasteiger partial charge in [-0.05, 0) is 41.0 Å². The number of rotatable bonds is 9. The zero-order valence-corrected chi connectivity index (χ0v) is 19.2. The summed E-state index contributed by atoms with van der Waals surface area (Å²) in [5, 5.41) is 6.60. The predicted octanol–water partition coefficient (Wildman–Crippen LogP) is 3.90. The van der Waals surface area contributed by atoms with Crippen molar-refractivity contribution in [2.75, 3.05) is 6.54 Å². The average Bonchev–Trinajstić information content (AvgIpc) is 3.45. The Morgan fingerprint density at radius 3 is 2.19 bits per heavy atom. The van der Waals surface area contributed by atoms with Crippen LogP contribution in [0.15, 0.2) is 113 Å². The van der Waals surface area contributed by atoms with E-state index in [1.54, 1.807) is 30.3 Å². The van der Waals surface area contributed by atoms with Crippen LogP contribution in [0.3, 0.4) is 0 Å². The fraction of sp³-hybridized carbons (Fsp3) is 0.0714. The number of furan rings is 1. The van der Waals surface area contributed by atoms with Gasteiger partial charge < -0.3 is 14.5 Å². The zero-order chi connectivity index (χ0) is 25.2. The molecule has 2 amide bonds. The van der Waals surface area contributed by atoms with Gasteiger partial charge in [-0.1, -0.05) is 72.8 Å². The van der Waals surface area contributed by atoms with Crippen molar-refractivity contribution in [3.8, 4) is 5.75 Å². The molecule has 1 aromatic heterocycles. The molecule has 3 aromatic carbocycles. The van der Waals surface area contributed by atoms with E-state index in [-0.39, 0.29) is 18.2 Å². The van der Waals surface area contributed by atoms with Crippen molar-refractivity contribution in [1.82, 2.24) is 10.7 Å². The minimum absolute atomic E-state index is 0.0881. The number of hydrogen-bond acceptors (Lipinski definition) is 6. The summed E-state index contributed by atoms with van der Waals surface area (Å²) < 4.78 is 10.3. The lowest BCUT2D eigenvalue weighted by Crippen LogP contribution is -2.37. The summed E-state index contributed by atoms with van der Waals surface area (Å²) in [7, 11) is 0. The molecule has 1 heterocycles. The van der Waals surface area contributed by atoms with Crippen LogP contribution in [0, 0.1) is 0 Å². The van der Waals surface area contributed by atoms with E-state index in [0.717, 1.165) is 11.1 Å². The molecule has 0 aliphatic heterocycles. The minimum Gasteiger partial charge on any atom is -0.457 e. The summed E-state index contributed by atoms with van der Waals surface area (Å²) in [5.41, 5.74) is 4.63. The molecule has 4 aromatic rings. The van der Waals surface area contributed by atoms with Crippen molar-refractivity contribution >= 4 is 24.0 Å². The Morgan fingerprint density at radius 1 is 0.861 bits per heavy atom. The molecule has 0 aliphatic carbocycles. The Balaban J connectivity index is 1.31. The first-order chi connectivity index (χ1) is 17.6. The molecule has 8 heteroatoms. The van der Waals surface area contributed by atoms with Crippen molar-refractivity contribution in [2.24, 2.45) is 5.10 Å². The van der Waals surface area contributed by atoms with Crippen LogP contribution in [-0.2, 0) is 9.59 Å². The second-order valence-corrected chi connectivity index (χ2v) is 7.70. The molecule has 0 unspecified atom stereocenters. The molecule has 0 fully saturated rings. The lowest BCUT2D eigenvalue weighted by atomic mass is 9.90. The van der Waals surface area contributed by atoms with Crippen LogP contribution in [-0.4, -0.2) is 30.5 Å². The van der Waals surface area contributed by atoms with Gasteiger partial charge in [0.25, 0.3) is 5.91 Å². The highest BCUT2D eigenvalue weighted by Gasteiger charge is 2.22. The molecule has 8 nitrogen and oxygen atoms in total. The van der Waals surface area contributed by atoms with E-state index in [2.05, 4.69) is 15.8 Å². The number of amides is 2. The molecule has 0 aliphatic rings. The Morgan fingerprint density at radius 2 is 1.56 bits per heavy atom. The van der Waals surface area contributed by atoms with Crippen molar-refractivity contribution in [1.29, 1.82) is 0 Å². The Labute approximate surface area is 207 Å². The summed E-state index contributed by atoms with van der Waals surface area (Å²) in [6, 6.07) is 28.4. The van der Waals surface area contributed by atoms with Crippen molar-refractivity contribution < 1.29 is 23.5 Å². The monoisotopic (exact) mass is 481 g/mol. The molecule has 2 N–H and O–H groups in total. The normalized spacial score (nSPS) is 10.8. The number of hydrogen-bond donors (Lipinski definition) is 2. The van der Waals surface area contributed by atoms with Gasteiger partial charge >= 0.3 is 5.97 Å². The molecule has 0 atom stereocenters. The third kappa shape index (κ3) is 6.54. The van der Waals surface area contributed by atoms with E-state index in [1.807, 2.05) is 60.7 Å².